The van der Waals surface area contributed by atoms with Crippen LogP contribution in [0.2, 0.25) is 0 Å². The van der Waals surface area contributed by atoms with Crippen molar-refractivity contribution in [2.24, 2.45) is 0 Å². The van der Waals surface area contributed by atoms with Crippen LogP contribution in [-0.2, 0) is 0 Å². The van der Waals surface area contributed by atoms with Crippen molar-refractivity contribution in [3.63, 3.8) is 0 Å². The van der Waals surface area contributed by atoms with Crippen LogP contribution in [0.5, 0.6) is 0 Å². The molecule has 0 bridgehead atoms. The zero-order chi connectivity index (χ0) is 14.1. The van der Waals surface area contributed by atoms with Crippen molar-refractivity contribution in [3.05, 3.63) is 64.3 Å². The molecule has 0 aliphatic carbocycles. The first-order valence-electron chi connectivity index (χ1n) is 6.29. The second-order valence-electron chi connectivity index (χ2n) is 4.71. The van der Waals surface area contributed by atoms with Gasteiger partial charge in [-0.15, -0.1) is 0 Å². The summed E-state index contributed by atoms with van der Waals surface area (Å²) in [6.45, 7) is 2.01. The number of carbonyl (C=O) groups is 1. The molecule has 0 aliphatic heterocycles. The van der Waals surface area contributed by atoms with E-state index in [1.165, 1.54) is 0 Å². The van der Waals surface area contributed by atoms with Gasteiger partial charge < -0.3 is 10.3 Å². The van der Waals surface area contributed by atoms with Gasteiger partial charge in [0.2, 0.25) is 0 Å². The Morgan fingerprint density at radius 1 is 1.15 bits per heavy atom. The molecule has 20 heavy (non-hydrogen) atoms. The molecule has 2 aromatic carbocycles. The number of aromatic nitrogens is 1. The second kappa shape index (κ2) is 5.13. The van der Waals surface area contributed by atoms with Crippen LogP contribution >= 0.6 is 15.9 Å². The predicted octanol–water partition coefficient (Wildman–Crippen LogP) is 4.49. The highest BCUT2D eigenvalue weighted by Crippen LogP contribution is 2.24. The van der Waals surface area contributed by atoms with Crippen molar-refractivity contribution in [3.8, 4) is 0 Å². The van der Waals surface area contributed by atoms with E-state index >= 15 is 0 Å². The Bertz CT molecular complexity index is 759. The van der Waals surface area contributed by atoms with E-state index in [-0.39, 0.29) is 5.91 Å². The van der Waals surface area contributed by atoms with E-state index < -0.39 is 0 Å². The van der Waals surface area contributed by atoms with Gasteiger partial charge in [-0.05, 0) is 52.7 Å². The molecule has 100 valence electrons. The van der Waals surface area contributed by atoms with Crippen LogP contribution in [-0.4, -0.2) is 10.9 Å². The summed E-state index contributed by atoms with van der Waals surface area (Å²) in [5.74, 6) is -0.147. The number of anilines is 1. The normalized spacial score (nSPS) is 10.7. The third-order valence-electron chi connectivity index (χ3n) is 3.15. The molecule has 0 radical (unpaired) electrons. The van der Waals surface area contributed by atoms with E-state index in [1.807, 2.05) is 55.5 Å². The molecular weight excluding hydrogens is 316 g/mol. The van der Waals surface area contributed by atoms with Gasteiger partial charge in [-0.25, -0.2) is 0 Å². The van der Waals surface area contributed by atoms with Crippen molar-refractivity contribution in [1.82, 2.24) is 4.98 Å². The number of aromatic amines is 1. The Hall–Kier alpha value is -2.07. The number of halogens is 1. The summed E-state index contributed by atoms with van der Waals surface area (Å²) < 4.78 is 0.877. The SMILES string of the molecule is Cc1ccc(NC(=O)c2cc3ccccc3[nH]2)c(Br)c1. The topological polar surface area (TPSA) is 44.9 Å². The maximum atomic E-state index is 12.3. The number of aryl methyl sites for hydroxylation is 1. The Kier molecular flexibility index (Phi) is 3.32. The van der Waals surface area contributed by atoms with Crippen LogP contribution in [0.15, 0.2) is 53.0 Å². The van der Waals surface area contributed by atoms with Crippen molar-refractivity contribution in [2.75, 3.05) is 5.32 Å². The first-order chi connectivity index (χ1) is 9.63. The fourth-order valence-corrected chi connectivity index (χ4v) is 2.70. The van der Waals surface area contributed by atoms with Gasteiger partial charge in [0.25, 0.3) is 5.91 Å². The molecule has 3 rings (SSSR count). The minimum absolute atomic E-state index is 0.147. The van der Waals surface area contributed by atoms with Crippen molar-refractivity contribution < 1.29 is 4.79 Å². The molecule has 4 heteroatoms. The number of rotatable bonds is 2. The van der Waals surface area contributed by atoms with Gasteiger partial charge in [0, 0.05) is 15.4 Å². The first-order valence-corrected chi connectivity index (χ1v) is 7.08. The number of hydrogen-bond donors (Lipinski definition) is 2. The number of para-hydroxylation sites is 1. The highest BCUT2D eigenvalue weighted by molar-refractivity contribution is 9.10. The summed E-state index contributed by atoms with van der Waals surface area (Å²) in [6.07, 6.45) is 0. The number of benzene rings is 2. The summed E-state index contributed by atoms with van der Waals surface area (Å²) in [5, 5.41) is 3.93. The number of hydrogen-bond acceptors (Lipinski definition) is 1. The fraction of sp³-hybridized carbons (Fsp3) is 0.0625. The van der Waals surface area contributed by atoms with E-state index in [0.29, 0.717) is 5.69 Å². The lowest BCUT2D eigenvalue weighted by Gasteiger charge is -2.06. The molecule has 0 fully saturated rings. The standard InChI is InChI=1S/C16H13BrN2O/c1-10-6-7-14(12(17)8-10)19-16(20)15-9-11-4-2-3-5-13(11)18-15/h2-9,18H,1H3,(H,19,20). The molecule has 1 amide bonds. The highest BCUT2D eigenvalue weighted by Gasteiger charge is 2.11. The molecule has 3 aromatic rings. The van der Waals surface area contributed by atoms with Crippen molar-refractivity contribution in [2.45, 2.75) is 6.92 Å². The molecule has 0 unspecified atom stereocenters. The minimum Gasteiger partial charge on any atom is -0.351 e. The molecule has 0 saturated heterocycles. The summed E-state index contributed by atoms with van der Waals surface area (Å²) in [4.78, 5) is 15.4. The quantitative estimate of drug-likeness (QED) is 0.715. The van der Waals surface area contributed by atoms with Crippen LogP contribution in [0.4, 0.5) is 5.69 Å². The van der Waals surface area contributed by atoms with Gasteiger partial charge in [-0.2, -0.15) is 0 Å². The zero-order valence-electron chi connectivity index (χ0n) is 10.9. The van der Waals surface area contributed by atoms with E-state index in [9.17, 15) is 4.79 Å². The van der Waals surface area contributed by atoms with Crippen LogP contribution in [0, 0.1) is 6.92 Å². The summed E-state index contributed by atoms with van der Waals surface area (Å²) in [7, 11) is 0. The number of nitrogens with one attached hydrogen (secondary N) is 2. The summed E-state index contributed by atoms with van der Waals surface area (Å²) in [5.41, 5.74) is 3.42. The van der Waals surface area contributed by atoms with E-state index in [2.05, 4.69) is 26.2 Å². The molecule has 0 saturated carbocycles. The lowest BCUT2D eigenvalue weighted by molar-refractivity contribution is 0.102. The van der Waals surface area contributed by atoms with Crippen LogP contribution in [0.3, 0.4) is 0 Å². The van der Waals surface area contributed by atoms with Gasteiger partial charge in [-0.1, -0.05) is 24.3 Å². The highest BCUT2D eigenvalue weighted by atomic mass is 79.9. The minimum atomic E-state index is -0.147. The maximum absolute atomic E-state index is 12.3. The summed E-state index contributed by atoms with van der Waals surface area (Å²) >= 11 is 3.46. The first kappa shape index (κ1) is 12.9. The molecular formula is C16H13BrN2O. The number of amides is 1. The average Bonchev–Trinajstić information content (AvgIpc) is 2.86. The van der Waals surface area contributed by atoms with E-state index in [1.54, 1.807) is 0 Å². The second-order valence-corrected chi connectivity index (χ2v) is 5.56. The molecule has 2 N–H and O–H groups in total. The number of carbonyl (C=O) groups excluding carboxylic acids is 1. The third kappa shape index (κ3) is 2.47. The van der Waals surface area contributed by atoms with Gasteiger partial charge in [0.05, 0.1) is 5.69 Å². The molecule has 3 nitrogen and oxygen atoms in total. The van der Waals surface area contributed by atoms with Gasteiger partial charge >= 0.3 is 0 Å². The Morgan fingerprint density at radius 2 is 1.95 bits per heavy atom. The largest absolute Gasteiger partial charge is 0.351 e. The van der Waals surface area contributed by atoms with Gasteiger partial charge in [-0.3, -0.25) is 4.79 Å². The average molecular weight is 329 g/mol. The number of fused-ring (bicyclic) bond motifs is 1. The molecule has 1 heterocycles. The Balaban J connectivity index is 1.89. The molecule has 1 aromatic heterocycles. The molecule has 0 aliphatic rings. The van der Waals surface area contributed by atoms with Gasteiger partial charge in [0.15, 0.2) is 0 Å². The molecule has 0 spiro atoms. The predicted molar refractivity (Wildman–Crippen MR) is 85.1 cm³/mol. The van der Waals surface area contributed by atoms with Crippen LogP contribution in [0.1, 0.15) is 16.1 Å². The van der Waals surface area contributed by atoms with Crippen LogP contribution in [0.25, 0.3) is 10.9 Å². The third-order valence-corrected chi connectivity index (χ3v) is 3.80. The monoisotopic (exact) mass is 328 g/mol. The van der Waals surface area contributed by atoms with Gasteiger partial charge in [0.1, 0.15) is 5.69 Å². The van der Waals surface area contributed by atoms with Crippen molar-refractivity contribution >= 4 is 38.4 Å². The van der Waals surface area contributed by atoms with Crippen molar-refractivity contribution in [1.29, 1.82) is 0 Å². The summed E-state index contributed by atoms with van der Waals surface area (Å²) in [6, 6.07) is 15.5. The maximum Gasteiger partial charge on any atom is 0.272 e. The van der Waals surface area contributed by atoms with Crippen LogP contribution < -0.4 is 5.32 Å². The lowest BCUT2D eigenvalue weighted by atomic mass is 10.2. The lowest BCUT2D eigenvalue weighted by Crippen LogP contribution is -2.12. The van der Waals surface area contributed by atoms with E-state index in [4.69, 9.17) is 0 Å². The molecule has 0 atom stereocenters. The zero-order valence-corrected chi connectivity index (χ0v) is 12.5. The number of H-pyrrole nitrogens is 1. The van der Waals surface area contributed by atoms with E-state index in [0.717, 1.165) is 26.6 Å². The Labute approximate surface area is 125 Å². The Morgan fingerprint density at radius 3 is 2.70 bits per heavy atom. The smallest absolute Gasteiger partial charge is 0.272 e. The fourth-order valence-electron chi connectivity index (χ4n) is 2.11.